The number of ether oxygens (including phenoxy) is 3. The molecule has 3 atom stereocenters. The number of carbonyl (C=O) groups is 2. The molecule has 10 heteroatoms. The van der Waals surface area contributed by atoms with E-state index in [2.05, 4.69) is 17.1 Å². The first-order valence-electron chi connectivity index (χ1n) is 18.2. The number of aliphatic imine (C=N–C) groups is 1. The van der Waals surface area contributed by atoms with E-state index in [1.807, 2.05) is 61.5 Å². The lowest BCUT2D eigenvalue weighted by molar-refractivity contribution is -0.385. The number of para-hydroxylation sites is 1. The molecular formula is C44H37N3O7. The van der Waals surface area contributed by atoms with Crippen molar-refractivity contribution in [3.05, 3.63) is 151 Å². The minimum Gasteiger partial charge on any atom is -0.493 e. The zero-order chi connectivity index (χ0) is 37.1. The summed E-state index contributed by atoms with van der Waals surface area (Å²) in [6.45, 7) is 2.00. The van der Waals surface area contributed by atoms with E-state index in [1.165, 1.54) is 24.8 Å². The summed E-state index contributed by atoms with van der Waals surface area (Å²) in [7, 11) is 1.50. The van der Waals surface area contributed by atoms with Gasteiger partial charge in [0.15, 0.2) is 17.3 Å². The third kappa shape index (κ3) is 5.78. The summed E-state index contributed by atoms with van der Waals surface area (Å²) < 4.78 is 18.1. The highest BCUT2D eigenvalue weighted by Gasteiger charge is 2.40. The maximum Gasteiger partial charge on any atom is 0.270 e. The summed E-state index contributed by atoms with van der Waals surface area (Å²) >= 11 is 0. The van der Waals surface area contributed by atoms with Crippen LogP contribution in [-0.4, -0.2) is 36.0 Å². The molecule has 0 N–H and O–H groups in total. The van der Waals surface area contributed by atoms with Gasteiger partial charge in [-0.3, -0.25) is 29.6 Å². The Morgan fingerprint density at radius 3 is 2.33 bits per heavy atom. The minimum absolute atomic E-state index is 0.00490. The van der Waals surface area contributed by atoms with E-state index in [0.717, 1.165) is 52.8 Å². The summed E-state index contributed by atoms with van der Waals surface area (Å²) in [6.07, 6.45) is 5.09. The second-order valence-corrected chi connectivity index (χ2v) is 14.5. The van der Waals surface area contributed by atoms with E-state index in [1.54, 1.807) is 23.2 Å². The average Bonchev–Trinajstić information content (AvgIpc) is 3.67. The molecule has 0 bridgehead atoms. The zero-order valence-electron chi connectivity index (χ0n) is 29.9. The Morgan fingerprint density at radius 1 is 0.815 bits per heavy atom. The topological polar surface area (TPSA) is 121 Å². The molecule has 0 radical (unpaired) electrons. The van der Waals surface area contributed by atoms with Crippen molar-refractivity contribution in [3.8, 4) is 17.2 Å². The molecule has 5 aromatic carbocycles. The highest BCUT2D eigenvalue weighted by Crippen LogP contribution is 2.46. The van der Waals surface area contributed by atoms with Crippen LogP contribution in [0.25, 0.3) is 0 Å². The molecule has 0 fully saturated rings. The van der Waals surface area contributed by atoms with Crippen molar-refractivity contribution < 1.29 is 28.7 Å². The number of ketones is 1. The molecule has 2 aliphatic heterocycles. The summed E-state index contributed by atoms with van der Waals surface area (Å²) in [4.78, 5) is 45.7. The van der Waals surface area contributed by atoms with Crippen LogP contribution < -0.4 is 19.1 Å². The third-order valence-corrected chi connectivity index (χ3v) is 11.2. The lowest BCUT2D eigenvalue weighted by Crippen LogP contribution is -2.37. The lowest BCUT2D eigenvalue weighted by Gasteiger charge is -2.22. The molecule has 0 saturated carbocycles. The molecule has 0 aromatic heterocycles. The molecule has 5 aromatic rings. The van der Waals surface area contributed by atoms with Crippen LogP contribution in [0.5, 0.6) is 17.2 Å². The molecule has 0 saturated heterocycles. The van der Waals surface area contributed by atoms with Gasteiger partial charge < -0.3 is 14.2 Å². The first-order chi connectivity index (χ1) is 26.2. The van der Waals surface area contributed by atoms with Gasteiger partial charge in [0.1, 0.15) is 19.0 Å². The van der Waals surface area contributed by atoms with Gasteiger partial charge in [0.2, 0.25) is 0 Å². The largest absolute Gasteiger partial charge is 0.493 e. The van der Waals surface area contributed by atoms with Crippen LogP contribution >= 0.6 is 0 Å². The lowest BCUT2D eigenvalue weighted by atomic mass is 9.86. The quantitative estimate of drug-likeness (QED) is 0.117. The van der Waals surface area contributed by atoms with Gasteiger partial charge in [0.05, 0.1) is 35.2 Å². The number of aryl methyl sites for hydroxylation is 2. The molecule has 9 rings (SSSR count). The number of nitro benzene ring substituents is 1. The van der Waals surface area contributed by atoms with Gasteiger partial charge in [0.25, 0.3) is 11.6 Å². The van der Waals surface area contributed by atoms with E-state index < -0.39 is 4.92 Å². The predicted octanol–water partition coefficient (Wildman–Crippen LogP) is 8.44. The van der Waals surface area contributed by atoms with Crippen molar-refractivity contribution in [2.45, 2.75) is 57.8 Å². The number of Topliss-reactive ketones (excluding diaryl/α,β-unsaturated/α-hetero) is 1. The van der Waals surface area contributed by atoms with E-state index in [4.69, 9.17) is 14.2 Å². The Morgan fingerprint density at radius 2 is 1.56 bits per heavy atom. The Labute approximate surface area is 312 Å². The van der Waals surface area contributed by atoms with Crippen LogP contribution in [0.1, 0.15) is 72.0 Å². The van der Waals surface area contributed by atoms with Crippen LogP contribution in [0.4, 0.5) is 17.1 Å². The number of benzene rings is 5. The summed E-state index contributed by atoms with van der Waals surface area (Å²) in [5.41, 5.74) is 8.90. The maximum absolute atomic E-state index is 13.9. The van der Waals surface area contributed by atoms with Crippen molar-refractivity contribution in [1.29, 1.82) is 0 Å². The zero-order valence-corrected chi connectivity index (χ0v) is 29.9. The van der Waals surface area contributed by atoms with Crippen LogP contribution in [0, 0.1) is 23.0 Å². The standard InChI is InChI=1S/C44H37N3O7/c1-25-13-35-29(11-12-31-17-28-7-3-5-9-34(28)42(31)43(35)48)19-39(25)53-23-26-14-27(16-32(15-26)47(50)51)24-54-41-21-37-36(20-40(41)52-2)44(49)46-33(22-45-37)18-30-8-4-6-10-38(30)46/h3-10,13-16,19-22,31,33,42H,11-12,17-18,23-24H2,1-2H3/t31-,33+,42?/m1/s1. The fourth-order valence-corrected chi connectivity index (χ4v) is 8.66. The number of nitro groups is 1. The highest BCUT2D eigenvalue weighted by atomic mass is 16.6. The van der Waals surface area contributed by atoms with E-state index in [9.17, 15) is 19.7 Å². The molecule has 1 amide bonds. The van der Waals surface area contributed by atoms with Crippen molar-refractivity contribution >= 4 is 35.0 Å². The molecule has 10 nitrogen and oxygen atoms in total. The first-order valence-corrected chi connectivity index (χ1v) is 18.2. The minimum atomic E-state index is -0.436. The van der Waals surface area contributed by atoms with Gasteiger partial charge in [-0.15, -0.1) is 0 Å². The van der Waals surface area contributed by atoms with E-state index in [-0.39, 0.29) is 48.5 Å². The Bertz CT molecular complexity index is 2420. The van der Waals surface area contributed by atoms with Gasteiger partial charge >= 0.3 is 0 Å². The SMILES string of the molecule is COc1cc2c(cc1OCc1cc(COc3cc4c(cc3C)C(=O)C3c5ccccc5C[C@H]3CC4)cc([N+](=O)[O-])c1)N=C[C@@H]1Cc3ccccc3N1C2=O. The number of hydrogen-bond acceptors (Lipinski definition) is 8. The fourth-order valence-electron chi connectivity index (χ4n) is 8.66. The van der Waals surface area contributed by atoms with Gasteiger partial charge in [-0.05, 0) is 101 Å². The average molecular weight is 720 g/mol. The fraction of sp³-hybridized carbons (Fsp3) is 0.250. The normalized spacial score (nSPS) is 19.1. The third-order valence-electron chi connectivity index (χ3n) is 11.2. The second kappa shape index (κ2) is 13.3. The van der Waals surface area contributed by atoms with Crippen molar-refractivity contribution in [2.75, 3.05) is 12.0 Å². The predicted molar refractivity (Wildman–Crippen MR) is 204 cm³/mol. The smallest absolute Gasteiger partial charge is 0.270 e. The van der Waals surface area contributed by atoms with Crippen LogP contribution in [0.3, 0.4) is 0 Å². The highest BCUT2D eigenvalue weighted by molar-refractivity contribution is 6.14. The number of hydrogen-bond donors (Lipinski definition) is 0. The number of fused-ring (bicyclic) bond motifs is 8. The second-order valence-electron chi connectivity index (χ2n) is 14.5. The van der Waals surface area contributed by atoms with Gasteiger partial charge in [-0.25, -0.2) is 0 Å². The molecule has 270 valence electrons. The number of anilines is 1. The number of nitrogens with zero attached hydrogens (tertiary/aromatic N) is 3. The number of amides is 1. The number of methoxy groups -OCH3 is 1. The molecule has 2 heterocycles. The Balaban J connectivity index is 0.936. The number of rotatable bonds is 8. The molecular weight excluding hydrogens is 682 g/mol. The first kappa shape index (κ1) is 33.5. The Kier molecular flexibility index (Phi) is 8.25. The van der Waals surface area contributed by atoms with Crippen molar-refractivity contribution in [2.24, 2.45) is 10.9 Å². The summed E-state index contributed by atoms with van der Waals surface area (Å²) in [5, 5.41) is 12.0. The molecule has 54 heavy (non-hydrogen) atoms. The summed E-state index contributed by atoms with van der Waals surface area (Å²) in [6, 6.07) is 28.0. The maximum atomic E-state index is 13.9. The monoisotopic (exact) mass is 719 g/mol. The molecule has 4 aliphatic rings. The summed E-state index contributed by atoms with van der Waals surface area (Å²) in [5.74, 6) is 1.52. The van der Waals surface area contributed by atoms with Crippen LogP contribution in [0.2, 0.25) is 0 Å². The van der Waals surface area contributed by atoms with Gasteiger partial charge in [-0.1, -0.05) is 42.5 Å². The molecule has 1 unspecified atom stereocenters. The van der Waals surface area contributed by atoms with Crippen LogP contribution in [0.15, 0.2) is 96.0 Å². The van der Waals surface area contributed by atoms with Gasteiger partial charge in [-0.2, -0.15) is 0 Å². The van der Waals surface area contributed by atoms with Crippen LogP contribution in [-0.2, 0) is 32.5 Å². The Hall–Kier alpha value is -6.29. The molecule has 2 aliphatic carbocycles. The number of non-ortho nitro benzene ring substituents is 1. The number of carbonyl (C=O) groups excluding carboxylic acids is 2. The van der Waals surface area contributed by atoms with E-state index in [0.29, 0.717) is 46.0 Å². The molecule has 0 spiro atoms. The van der Waals surface area contributed by atoms with Crippen molar-refractivity contribution in [3.63, 3.8) is 0 Å². The van der Waals surface area contributed by atoms with E-state index >= 15 is 0 Å². The van der Waals surface area contributed by atoms with Gasteiger partial charge in [0, 0.05) is 42.1 Å². The van der Waals surface area contributed by atoms with Crippen molar-refractivity contribution in [1.82, 2.24) is 0 Å².